The van der Waals surface area contributed by atoms with Gasteiger partial charge >= 0.3 is 6.36 Å². The van der Waals surface area contributed by atoms with Crippen LogP contribution in [0.3, 0.4) is 0 Å². The quantitative estimate of drug-likeness (QED) is 0.378. The van der Waals surface area contributed by atoms with Crippen molar-refractivity contribution in [3.05, 3.63) is 29.8 Å². The number of ether oxygens (including phenoxy) is 1. The molecule has 0 fully saturated rings. The molecule has 0 saturated heterocycles. The zero-order valence-electron chi connectivity index (χ0n) is 11.5. The molecule has 1 aromatic carbocycles. The molecule has 8 heteroatoms. The van der Waals surface area contributed by atoms with Crippen LogP contribution < -0.4 is 4.74 Å². The topological polar surface area (TPSA) is 63.4 Å². The molecule has 0 aliphatic heterocycles. The average Bonchev–Trinajstić information content (AvgIpc) is 2.42. The first-order valence-electron chi connectivity index (χ1n) is 6.12. The van der Waals surface area contributed by atoms with Gasteiger partial charge in [-0.05, 0) is 37.6 Å². The molecule has 0 amide bonds. The van der Waals surface area contributed by atoms with Crippen molar-refractivity contribution >= 4 is 11.4 Å². The third-order valence-electron chi connectivity index (χ3n) is 2.31. The summed E-state index contributed by atoms with van der Waals surface area (Å²) in [5.41, 5.74) is 0.844. The second-order valence-electron chi connectivity index (χ2n) is 4.03. The molecule has 0 radical (unpaired) electrons. The van der Waals surface area contributed by atoms with Gasteiger partial charge in [-0.1, -0.05) is 17.2 Å². The third kappa shape index (κ3) is 5.72. The monoisotopic (exact) mass is 304 g/mol. The van der Waals surface area contributed by atoms with E-state index in [0.29, 0.717) is 12.2 Å². The van der Waals surface area contributed by atoms with Crippen LogP contribution in [0, 0.1) is 0 Å². The standard InChI is InChI=1S/C13H15F3N2O3/c1-3-8-20-18-12(9(2)17-19)10-4-6-11(7-5-10)21-13(14,15)16/h4-7,19H,3,8H2,1-2H3/b17-9+,18-12+. The molecule has 0 aliphatic carbocycles. The summed E-state index contributed by atoms with van der Waals surface area (Å²) in [5, 5.41) is 15.7. The molecule has 0 aromatic heterocycles. The highest BCUT2D eigenvalue weighted by atomic mass is 19.4. The molecule has 0 heterocycles. The Bertz CT molecular complexity index is 510. The first-order valence-corrected chi connectivity index (χ1v) is 6.12. The predicted molar refractivity (Wildman–Crippen MR) is 70.8 cm³/mol. The first-order chi connectivity index (χ1) is 9.87. The lowest BCUT2D eigenvalue weighted by atomic mass is 10.1. The van der Waals surface area contributed by atoms with Crippen LogP contribution in [0.25, 0.3) is 0 Å². The number of halogens is 3. The fourth-order valence-electron chi connectivity index (χ4n) is 1.39. The van der Waals surface area contributed by atoms with Crippen LogP contribution in [0.15, 0.2) is 34.6 Å². The number of rotatable bonds is 6. The van der Waals surface area contributed by atoms with Crippen LogP contribution in [0.5, 0.6) is 5.75 Å². The lowest BCUT2D eigenvalue weighted by Gasteiger charge is -2.10. The summed E-state index contributed by atoms with van der Waals surface area (Å²) in [6.45, 7) is 3.76. The number of oxime groups is 2. The van der Waals surface area contributed by atoms with Gasteiger partial charge in [0.05, 0.1) is 0 Å². The Morgan fingerprint density at radius 3 is 2.33 bits per heavy atom. The minimum absolute atomic E-state index is 0.176. The van der Waals surface area contributed by atoms with Crippen molar-refractivity contribution in [2.45, 2.75) is 26.6 Å². The van der Waals surface area contributed by atoms with E-state index in [1.807, 2.05) is 6.92 Å². The van der Waals surface area contributed by atoms with E-state index in [4.69, 9.17) is 10.0 Å². The van der Waals surface area contributed by atoms with E-state index in [1.54, 1.807) is 0 Å². The summed E-state index contributed by atoms with van der Waals surface area (Å²) < 4.78 is 40.0. The summed E-state index contributed by atoms with van der Waals surface area (Å²) in [6, 6.07) is 5.01. The smallest absolute Gasteiger partial charge is 0.411 e. The number of nitrogens with zero attached hydrogens (tertiary/aromatic N) is 2. The van der Waals surface area contributed by atoms with E-state index >= 15 is 0 Å². The molecule has 5 nitrogen and oxygen atoms in total. The van der Waals surface area contributed by atoms with Crippen LogP contribution in [0.4, 0.5) is 13.2 Å². The van der Waals surface area contributed by atoms with Gasteiger partial charge in [0.15, 0.2) is 0 Å². The molecule has 116 valence electrons. The third-order valence-corrected chi connectivity index (χ3v) is 2.31. The van der Waals surface area contributed by atoms with E-state index in [-0.39, 0.29) is 17.2 Å². The fraction of sp³-hybridized carbons (Fsp3) is 0.385. The van der Waals surface area contributed by atoms with Crippen molar-refractivity contribution in [3.63, 3.8) is 0 Å². The lowest BCUT2D eigenvalue weighted by Crippen LogP contribution is -2.17. The van der Waals surface area contributed by atoms with E-state index < -0.39 is 6.36 Å². The molecular weight excluding hydrogens is 289 g/mol. The predicted octanol–water partition coefficient (Wildman–Crippen LogP) is 3.57. The zero-order valence-corrected chi connectivity index (χ0v) is 11.5. The zero-order chi connectivity index (χ0) is 15.9. The van der Waals surface area contributed by atoms with Gasteiger partial charge in [-0.25, -0.2) is 0 Å². The Hall–Kier alpha value is -2.25. The highest BCUT2D eigenvalue weighted by molar-refractivity contribution is 6.47. The summed E-state index contributed by atoms with van der Waals surface area (Å²) in [6.07, 6.45) is -4.00. The maximum Gasteiger partial charge on any atom is 0.573 e. The number of benzene rings is 1. The molecule has 21 heavy (non-hydrogen) atoms. The summed E-state index contributed by atoms with van der Waals surface area (Å²) in [4.78, 5) is 5.02. The fourth-order valence-corrected chi connectivity index (χ4v) is 1.39. The molecule has 1 N–H and O–H groups in total. The highest BCUT2D eigenvalue weighted by Crippen LogP contribution is 2.23. The van der Waals surface area contributed by atoms with Crippen LogP contribution >= 0.6 is 0 Å². The summed E-state index contributed by atoms with van der Waals surface area (Å²) in [7, 11) is 0. The van der Waals surface area contributed by atoms with Gasteiger partial charge in [-0.2, -0.15) is 0 Å². The molecule has 0 aliphatic rings. The second-order valence-corrected chi connectivity index (χ2v) is 4.03. The minimum Gasteiger partial charge on any atom is -0.411 e. The molecule has 0 spiro atoms. The van der Waals surface area contributed by atoms with Crippen molar-refractivity contribution in [1.29, 1.82) is 0 Å². The van der Waals surface area contributed by atoms with Crippen LogP contribution in [-0.2, 0) is 4.84 Å². The van der Waals surface area contributed by atoms with Crippen molar-refractivity contribution in [2.75, 3.05) is 6.61 Å². The van der Waals surface area contributed by atoms with Crippen LogP contribution in [0.1, 0.15) is 25.8 Å². The van der Waals surface area contributed by atoms with Crippen molar-refractivity contribution in [2.24, 2.45) is 10.3 Å². The van der Waals surface area contributed by atoms with Gasteiger partial charge < -0.3 is 14.8 Å². The molecule has 0 saturated carbocycles. The molecule has 0 unspecified atom stereocenters. The Morgan fingerprint density at radius 1 is 1.24 bits per heavy atom. The first kappa shape index (κ1) is 16.8. The Kier molecular flexibility index (Phi) is 6.01. The van der Waals surface area contributed by atoms with Crippen LogP contribution in [0.2, 0.25) is 0 Å². The van der Waals surface area contributed by atoms with E-state index in [9.17, 15) is 13.2 Å². The van der Waals surface area contributed by atoms with E-state index in [0.717, 1.165) is 18.6 Å². The minimum atomic E-state index is -4.74. The average molecular weight is 304 g/mol. The largest absolute Gasteiger partial charge is 0.573 e. The van der Waals surface area contributed by atoms with Gasteiger partial charge in [0.25, 0.3) is 0 Å². The lowest BCUT2D eigenvalue weighted by molar-refractivity contribution is -0.274. The Labute approximate surface area is 119 Å². The van der Waals surface area contributed by atoms with Crippen molar-refractivity contribution in [1.82, 2.24) is 0 Å². The maximum atomic E-state index is 12.1. The van der Waals surface area contributed by atoms with Gasteiger partial charge in [0.2, 0.25) is 0 Å². The van der Waals surface area contributed by atoms with Gasteiger partial charge in [0, 0.05) is 5.56 Å². The molecule has 1 aromatic rings. The summed E-state index contributed by atoms with van der Waals surface area (Å²) in [5.74, 6) is -0.348. The van der Waals surface area contributed by atoms with Gasteiger partial charge in [0.1, 0.15) is 23.8 Å². The highest BCUT2D eigenvalue weighted by Gasteiger charge is 2.31. The van der Waals surface area contributed by atoms with Gasteiger partial charge in [-0.3, -0.25) is 0 Å². The van der Waals surface area contributed by atoms with Gasteiger partial charge in [-0.15, -0.1) is 13.2 Å². The van der Waals surface area contributed by atoms with Crippen molar-refractivity contribution < 1.29 is 28.0 Å². The molecule has 0 bridgehead atoms. The molecule has 0 atom stereocenters. The maximum absolute atomic E-state index is 12.1. The second kappa shape index (κ2) is 7.51. The SMILES string of the molecule is CCCO/N=C(\C(C)=N\O)c1ccc(OC(F)(F)F)cc1. The normalized spacial score (nSPS) is 13.2. The number of hydrogen-bond acceptors (Lipinski definition) is 5. The van der Waals surface area contributed by atoms with Crippen LogP contribution in [-0.4, -0.2) is 29.6 Å². The molecular formula is C13H15F3N2O3. The van der Waals surface area contributed by atoms with E-state index in [2.05, 4.69) is 15.0 Å². The number of alkyl halides is 3. The summed E-state index contributed by atoms with van der Waals surface area (Å²) >= 11 is 0. The number of hydrogen-bond donors (Lipinski definition) is 1. The Balaban J connectivity index is 2.96. The van der Waals surface area contributed by atoms with E-state index in [1.165, 1.54) is 19.1 Å². The van der Waals surface area contributed by atoms with Crippen molar-refractivity contribution in [3.8, 4) is 5.75 Å². The molecule has 1 rings (SSSR count). The Morgan fingerprint density at radius 2 is 1.86 bits per heavy atom.